The fraction of sp³-hybridized carbons (Fsp3) is 0.643. The molecule has 2 amide bonds. The molecule has 3 N–H and O–H groups in total. The molecule has 0 aromatic carbocycles. The fourth-order valence-corrected chi connectivity index (χ4v) is 3.36. The van der Waals surface area contributed by atoms with E-state index in [2.05, 4.69) is 15.6 Å². The molecule has 1 aliphatic rings. The van der Waals surface area contributed by atoms with Crippen molar-refractivity contribution in [1.82, 2.24) is 15.6 Å². The highest BCUT2D eigenvalue weighted by molar-refractivity contribution is 7.09. The molecule has 1 fully saturated rings. The van der Waals surface area contributed by atoms with Crippen molar-refractivity contribution in [3.8, 4) is 0 Å². The molecule has 7 heteroatoms. The van der Waals surface area contributed by atoms with Gasteiger partial charge in [0.2, 0.25) is 0 Å². The lowest BCUT2D eigenvalue weighted by Gasteiger charge is -2.26. The number of aliphatic carboxylic acids is 1. The second kappa shape index (κ2) is 7.40. The molecule has 0 aliphatic heterocycles. The van der Waals surface area contributed by atoms with E-state index < -0.39 is 5.97 Å². The first-order valence-electron chi connectivity index (χ1n) is 7.22. The van der Waals surface area contributed by atoms with Crippen LogP contribution in [0.2, 0.25) is 0 Å². The number of hydrogen-bond donors (Lipinski definition) is 3. The van der Waals surface area contributed by atoms with Crippen molar-refractivity contribution >= 4 is 23.3 Å². The predicted molar refractivity (Wildman–Crippen MR) is 80.5 cm³/mol. The second-order valence-corrected chi connectivity index (χ2v) is 6.34. The van der Waals surface area contributed by atoms with Crippen LogP contribution in [0.25, 0.3) is 0 Å². The molecule has 0 radical (unpaired) electrons. The summed E-state index contributed by atoms with van der Waals surface area (Å²) in [4.78, 5) is 28.0. The van der Waals surface area contributed by atoms with Gasteiger partial charge >= 0.3 is 12.0 Å². The molecule has 21 heavy (non-hydrogen) atoms. The Labute approximate surface area is 128 Å². The van der Waals surface area contributed by atoms with Gasteiger partial charge in [0.25, 0.3) is 0 Å². The summed E-state index contributed by atoms with van der Waals surface area (Å²) in [7, 11) is 0. The van der Waals surface area contributed by atoms with Gasteiger partial charge in [0.15, 0.2) is 0 Å². The number of nitrogens with zero attached hydrogens (tertiary/aromatic N) is 1. The SMILES string of the molecule is Cc1ncsc1CCNC(=O)NC1CCC(C(=O)O)CC1. The van der Waals surface area contributed by atoms with Crippen molar-refractivity contribution in [2.75, 3.05) is 6.54 Å². The van der Waals surface area contributed by atoms with Crippen LogP contribution in [0, 0.1) is 12.8 Å². The van der Waals surface area contributed by atoms with Gasteiger partial charge in [-0.2, -0.15) is 0 Å². The molecule has 116 valence electrons. The molecule has 1 saturated carbocycles. The van der Waals surface area contributed by atoms with E-state index in [4.69, 9.17) is 5.11 Å². The number of amides is 2. The van der Waals surface area contributed by atoms with Crippen LogP contribution in [0.4, 0.5) is 4.79 Å². The molecule has 1 heterocycles. The first-order chi connectivity index (χ1) is 10.1. The number of carbonyl (C=O) groups excluding carboxylic acids is 1. The number of aryl methyl sites for hydroxylation is 1. The summed E-state index contributed by atoms with van der Waals surface area (Å²) in [6.45, 7) is 2.55. The van der Waals surface area contributed by atoms with Gasteiger partial charge in [0.05, 0.1) is 17.1 Å². The van der Waals surface area contributed by atoms with E-state index >= 15 is 0 Å². The van der Waals surface area contributed by atoms with Gasteiger partial charge in [-0.25, -0.2) is 9.78 Å². The van der Waals surface area contributed by atoms with Gasteiger partial charge in [0.1, 0.15) is 0 Å². The summed E-state index contributed by atoms with van der Waals surface area (Å²) in [5, 5.41) is 14.7. The molecule has 1 aliphatic carbocycles. The Kier molecular flexibility index (Phi) is 5.55. The highest BCUT2D eigenvalue weighted by Gasteiger charge is 2.26. The minimum absolute atomic E-state index is 0.0886. The topological polar surface area (TPSA) is 91.3 Å². The van der Waals surface area contributed by atoms with E-state index in [9.17, 15) is 9.59 Å². The first kappa shape index (κ1) is 15.8. The van der Waals surface area contributed by atoms with Gasteiger partial charge < -0.3 is 15.7 Å². The Morgan fingerprint density at radius 1 is 1.38 bits per heavy atom. The highest BCUT2D eigenvalue weighted by Crippen LogP contribution is 2.24. The van der Waals surface area contributed by atoms with Crippen LogP contribution in [0.1, 0.15) is 36.3 Å². The zero-order valence-electron chi connectivity index (χ0n) is 12.1. The zero-order chi connectivity index (χ0) is 15.2. The molecule has 1 aromatic rings. The van der Waals surface area contributed by atoms with Crippen molar-refractivity contribution in [2.24, 2.45) is 5.92 Å². The van der Waals surface area contributed by atoms with Crippen molar-refractivity contribution in [3.05, 3.63) is 16.1 Å². The normalized spacial score (nSPS) is 21.8. The molecule has 6 nitrogen and oxygen atoms in total. The molecular weight excluding hydrogens is 290 g/mol. The second-order valence-electron chi connectivity index (χ2n) is 5.40. The van der Waals surface area contributed by atoms with Crippen molar-refractivity contribution in [1.29, 1.82) is 0 Å². The van der Waals surface area contributed by atoms with E-state index in [1.165, 1.54) is 4.88 Å². The summed E-state index contributed by atoms with van der Waals surface area (Å²) < 4.78 is 0. The quantitative estimate of drug-likeness (QED) is 0.775. The maximum atomic E-state index is 11.8. The molecule has 0 unspecified atom stereocenters. The number of carbonyl (C=O) groups is 2. The molecule has 0 bridgehead atoms. The van der Waals surface area contributed by atoms with Gasteiger partial charge in [0, 0.05) is 23.9 Å². The Morgan fingerprint density at radius 2 is 2.10 bits per heavy atom. The number of thiazole rings is 1. The Balaban J connectivity index is 1.64. The molecule has 0 saturated heterocycles. The summed E-state index contributed by atoms with van der Waals surface area (Å²) in [5.74, 6) is -0.974. The molecule has 0 spiro atoms. The van der Waals surface area contributed by atoms with Crippen LogP contribution in [0.3, 0.4) is 0 Å². The van der Waals surface area contributed by atoms with Crippen molar-refractivity contribution < 1.29 is 14.7 Å². The number of nitrogens with one attached hydrogen (secondary N) is 2. The summed E-state index contributed by atoms with van der Waals surface area (Å²) in [5.41, 5.74) is 2.83. The fourth-order valence-electron chi connectivity index (χ4n) is 2.58. The van der Waals surface area contributed by atoms with E-state index in [1.807, 2.05) is 12.4 Å². The molecule has 2 rings (SSSR count). The zero-order valence-corrected chi connectivity index (χ0v) is 12.9. The first-order valence-corrected chi connectivity index (χ1v) is 8.10. The lowest BCUT2D eigenvalue weighted by atomic mass is 9.86. The van der Waals surface area contributed by atoms with E-state index in [0.29, 0.717) is 19.4 Å². The summed E-state index contributed by atoms with van der Waals surface area (Å²) in [6, 6.07) is -0.0818. The van der Waals surface area contributed by atoms with Crippen molar-refractivity contribution in [2.45, 2.75) is 45.1 Å². The Morgan fingerprint density at radius 3 is 2.67 bits per heavy atom. The monoisotopic (exact) mass is 311 g/mol. The molecule has 0 atom stereocenters. The van der Waals surface area contributed by atoms with Crippen LogP contribution in [-0.2, 0) is 11.2 Å². The van der Waals surface area contributed by atoms with Gasteiger partial charge in [-0.05, 0) is 32.6 Å². The van der Waals surface area contributed by atoms with Crippen LogP contribution in [0.5, 0.6) is 0 Å². The number of carboxylic acids is 1. The maximum Gasteiger partial charge on any atom is 0.315 e. The highest BCUT2D eigenvalue weighted by atomic mass is 32.1. The van der Waals surface area contributed by atoms with E-state index in [0.717, 1.165) is 25.0 Å². The van der Waals surface area contributed by atoms with Crippen LogP contribution in [-0.4, -0.2) is 34.7 Å². The smallest absolute Gasteiger partial charge is 0.315 e. The van der Waals surface area contributed by atoms with Gasteiger partial charge in [-0.3, -0.25) is 4.79 Å². The third-order valence-corrected chi connectivity index (χ3v) is 4.89. The van der Waals surface area contributed by atoms with Crippen LogP contribution < -0.4 is 10.6 Å². The lowest BCUT2D eigenvalue weighted by molar-refractivity contribution is -0.142. The average Bonchev–Trinajstić information content (AvgIpc) is 2.85. The maximum absolute atomic E-state index is 11.8. The van der Waals surface area contributed by atoms with E-state index in [-0.39, 0.29) is 18.0 Å². The third-order valence-electron chi connectivity index (χ3n) is 3.89. The number of hydrogen-bond acceptors (Lipinski definition) is 4. The average molecular weight is 311 g/mol. The lowest BCUT2D eigenvalue weighted by Crippen LogP contribution is -2.44. The molecule has 1 aromatic heterocycles. The van der Waals surface area contributed by atoms with Gasteiger partial charge in [-0.1, -0.05) is 0 Å². The Hall–Kier alpha value is -1.63. The minimum atomic E-state index is -0.724. The summed E-state index contributed by atoms with van der Waals surface area (Å²) in [6.07, 6.45) is 3.53. The minimum Gasteiger partial charge on any atom is -0.481 e. The number of urea groups is 1. The standard InChI is InChI=1S/C14H21N3O3S/c1-9-12(21-8-16-9)6-7-15-14(20)17-11-4-2-10(3-5-11)13(18)19/h8,10-11H,2-7H2,1H3,(H,18,19)(H2,15,17,20). The molecular formula is C14H21N3O3S. The predicted octanol–water partition coefficient (Wildman–Crippen LogP) is 1.94. The van der Waals surface area contributed by atoms with Crippen LogP contribution in [0.15, 0.2) is 5.51 Å². The van der Waals surface area contributed by atoms with E-state index in [1.54, 1.807) is 11.3 Å². The van der Waals surface area contributed by atoms with Gasteiger partial charge in [-0.15, -0.1) is 11.3 Å². The number of carboxylic acid groups (broad SMARTS) is 1. The largest absolute Gasteiger partial charge is 0.481 e. The number of rotatable bonds is 5. The third kappa shape index (κ3) is 4.70. The number of aromatic nitrogens is 1. The van der Waals surface area contributed by atoms with Crippen molar-refractivity contribution in [3.63, 3.8) is 0 Å². The Bertz CT molecular complexity index is 495. The summed E-state index contributed by atoms with van der Waals surface area (Å²) >= 11 is 1.60. The van der Waals surface area contributed by atoms with Crippen LogP contribution >= 0.6 is 11.3 Å².